The van der Waals surface area contributed by atoms with Crippen LogP contribution in [0.1, 0.15) is 41.3 Å². The third kappa shape index (κ3) is 3.70. The van der Waals surface area contributed by atoms with E-state index in [1.54, 1.807) is 12.1 Å². The molecule has 1 aliphatic carbocycles. The maximum atomic E-state index is 12.1. The molecule has 0 spiro atoms. The molecule has 0 aliphatic heterocycles. The van der Waals surface area contributed by atoms with Gasteiger partial charge in [0.1, 0.15) is 0 Å². The Hall–Kier alpha value is -2.10. The fourth-order valence-electron chi connectivity index (χ4n) is 1.91. The molecule has 1 saturated carbocycles. The first-order valence-electron chi connectivity index (χ1n) is 6.69. The van der Waals surface area contributed by atoms with Crippen LogP contribution >= 0.6 is 0 Å². The summed E-state index contributed by atoms with van der Waals surface area (Å²) in [6.45, 7) is 4.73. The fraction of sp³-hybridized carbons (Fsp3) is 0.375. The van der Waals surface area contributed by atoms with Gasteiger partial charge in [-0.05, 0) is 54.5 Å². The number of carbonyl (C=O) groups excluding carboxylic acids is 1. The zero-order valence-electron chi connectivity index (χ0n) is 11.8. The number of carboxylic acid groups (broad SMARTS) is 1. The summed E-state index contributed by atoms with van der Waals surface area (Å²) in [5.41, 5.74) is 2.52. The van der Waals surface area contributed by atoms with Gasteiger partial charge in [-0.3, -0.25) is 4.79 Å². The summed E-state index contributed by atoms with van der Waals surface area (Å²) in [7, 11) is 0. The quantitative estimate of drug-likeness (QED) is 0.810. The van der Waals surface area contributed by atoms with Crippen LogP contribution in [0, 0.1) is 12.3 Å². The fourth-order valence-corrected chi connectivity index (χ4v) is 1.91. The number of nitrogens with one attached hydrogen (secondary N) is 1. The highest BCUT2D eigenvalue weighted by molar-refractivity contribution is 5.95. The lowest BCUT2D eigenvalue weighted by molar-refractivity contribution is -0.131. The Morgan fingerprint density at radius 2 is 2.10 bits per heavy atom. The lowest BCUT2D eigenvalue weighted by Gasteiger charge is -2.11. The van der Waals surface area contributed by atoms with Crippen molar-refractivity contribution < 1.29 is 14.7 Å². The van der Waals surface area contributed by atoms with Gasteiger partial charge in [-0.15, -0.1) is 0 Å². The molecule has 1 aromatic carbocycles. The Bertz CT molecular complexity index is 571. The van der Waals surface area contributed by atoms with E-state index in [1.165, 1.54) is 6.08 Å². The van der Waals surface area contributed by atoms with Gasteiger partial charge in [-0.2, -0.15) is 0 Å². The van der Waals surface area contributed by atoms with Crippen LogP contribution in [0.4, 0.5) is 0 Å². The minimum absolute atomic E-state index is 0.108. The molecule has 1 amide bonds. The molecule has 106 valence electrons. The number of hydrogen-bond donors (Lipinski definition) is 2. The molecule has 20 heavy (non-hydrogen) atoms. The van der Waals surface area contributed by atoms with E-state index in [0.717, 1.165) is 30.0 Å². The molecule has 1 aromatic rings. The smallest absolute Gasteiger partial charge is 0.328 e. The van der Waals surface area contributed by atoms with Crippen molar-refractivity contribution in [1.82, 2.24) is 5.32 Å². The molecule has 0 aromatic heterocycles. The lowest BCUT2D eigenvalue weighted by Crippen LogP contribution is -2.29. The molecule has 0 radical (unpaired) electrons. The highest BCUT2D eigenvalue weighted by Gasteiger charge is 2.37. The van der Waals surface area contributed by atoms with Gasteiger partial charge in [0.2, 0.25) is 0 Å². The average Bonchev–Trinajstić information content (AvgIpc) is 3.13. The van der Waals surface area contributed by atoms with Crippen molar-refractivity contribution in [3.05, 3.63) is 41.0 Å². The minimum atomic E-state index is -0.999. The standard InChI is InChI=1S/C16H19NO3/c1-11-3-4-13(9-12(11)5-6-14(18)19)15(20)17-10-16(2)7-8-16/h3-6,9H,7-8,10H2,1-2H3,(H,17,20)(H,18,19)/b6-5+. The van der Waals surface area contributed by atoms with Gasteiger partial charge in [-0.25, -0.2) is 4.79 Å². The van der Waals surface area contributed by atoms with Crippen molar-refractivity contribution in [2.45, 2.75) is 26.7 Å². The number of hydrogen-bond acceptors (Lipinski definition) is 2. The maximum absolute atomic E-state index is 12.1. The molecule has 0 atom stereocenters. The molecule has 4 heteroatoms. The predicted octanol–water partition coefficient (Wildman–Crippen LogP) is 2.62. The van der Waals surface area contributed by atoms with Gasteiger partial charge < -0.3 is 10.4 Å². The average molecular weight is 273 g/mol. The number of carbonyl (C=O) groups is 2. The first-order valence-corrected chi connectivity index (χ1v) is 6.69. The van der Waals surface area contributed by atoms with E-state index >= 15 is 0 Å². The van der Waals surface area contributed by atoms with Crippen molar-refractivity contribution in [2.24, 2.45) is 5.41 Å². The van der Waals surface area contributed by atoms with Crippen LogP contribution in [-0.4, -0.2) is 23.5 Å². The molecule has 0 bridgehead atoms. The summed E-state index contributed by atoms with van der Waals surface area (Å²) < 4.78 is 0. The second kappa shape index (κ2) is 5.49. The minimum Gasteiger partial charge on any atom is -0.478 e. The molecule has 1 aliphatic rings. The van der Waals surface area contributed by atoms with Crippen molar-refractivity contribution in [3.63, 3.8) is 0 Å². The number of aryl methyl sites for hydroxylation is 1. The number of aliphatic carboxylic acids is 1. The molecular weight excluding hydrogens is 254 g/mol. The zero-order chi connectivity index (χ0) is 14.8. The van der Waals surface area contributed by atoms with Crippen molar-refractivity contribution in [3.8, 4) is 0 Å². The normalized spacial score (nSPS) is 16.1. The Balaban J connectivity index is 2.09. The van der Waals surface area contributed by atoms with Gasteiger partial charge >= 0.3 is 5.97 Å². The van der Waals surface area contributed by atoms with Crippen LogP contribution in [-0.2, 0) is 4.79 Å². The van der Waals surface area contributed by atoms with Crippen LogP contribution in [0.3, 0.4) is 0 Å². The maximum Gasteiger partial charge on any atom is 0.328 e. The van der Waals surface area contributed by atoms with E-state index in [-0.39, 0.29) is 11.3 Å². The van der Waals surface area contributed by atoms with Gasteiger partial charge in [0.15, 0.2) is 0 Å². The van der Waals surface area contributed by atoms with Crippen LogP contribution in [0.5, 0.6) is 0 Å². The van der Waals surface area contributed by atoms with E-state index in [0.29, 0.717) is 12.1 Å². The molecule has 1 fully saturated rings. The van der Waals surface area contributed by atoms with Gasteiger partial charge in [0, 0.05) is 18.2 Å². The van der Waals surface area contributed by atoms with Gasteiger partial charge in [-0.1, -0.05) is 13.0 Å². The molecular formula is C16H19NO3. The Morgan fingerprint density at radius 1 is 1.40 bits per heavy atom. The summed E-state index contributed by atoms with van der Waals surface area (Å²) in [4.78, 5) is 22.6. The Morgan fingerprint density at radius 3 is 2.70 bits per heavy atom. The van der Waals surface area contributed by atoms with Gasteiger partial charge in [0.05, 0.1) is 0 Å². The SMILES string of the molecule is Cc1ccc(C(=O)NCC2(C)CC2)cc1/C=C/C(=O)O. The van der Waals surface area contributed by atoms with Crippen molar-refractivity contribution >= 4 is 18.0 Å². The summed E-state index contributed by atoms with van der Waals surface area (Å²) >= 11 is 0. The van der Waals surface area contributed by atoms with E-state index < -0.39 is 5.97 Å². The van der Waals surface area contributed by atoms with Crippen LogP contribution in [0.15, 0.2) is 24.3 Å². The first kappa shape index (κ1) is 14.3. The summed E-state index contributed by atoms with van der Waals surface area (Å²) in [5.74, 6) is -1.11. The third-order valence-corrected chi connectivity index (χ3v) is 3.73. The third-order valence-electron chi connectivity index (χ3n) is 3.73. The highest BCUT2D eigenvalue weighted by Crippen LogP contribution is 2.44. The van der Waals surface area contributed by atoms with Crippen LogP contribution < -0.4 is 5.32 Å². The largest absolute Gasteiger partial charge is 0.478 e. The number of amides is 1. The second-order valence-corrected chi connectivity index (χ2v) is 5.74. The van der Waals surface area contributed by atoms with Crippen molar-refractivity contribution in [1.29, 1.82) is 0 Å². The molecule has 2 rings (SSSR count). The molecule has 2 N–H and O–H groups in total. The number of carboxylic acids is 1. The van der Waals surface area contributed by atoms with Crippen molar-refractivity contribution in [2.75, 3.05) is 6.54 Å². The van der Waals surface area contributed by atoms with Crippen LogP contribution in [0.2, 0.25) is 0 Å². The van der Waals surface area contributed by atoms with Gasteiger partial charge in [0.25, 0.3) is 5.91 Å². The summed E-state index contributed by atoms with van der Waals surface area (Å²) in [6, 6.07) is 5.31. The van der Waals surface area contributed by atoms with Crippen LogP contribution in [0.25, 0.3) is 6.08 Å². The number of rotatable bonds is 5. The molecule has 4 nitrogen and oxygen atoms in total. The Labute approximate surface area is 118 Å². The second-order valence-electron chi connectivity index (χ2n) is 5.74. The highest BCUT2D eigenvalue weighted by atomic mass is 16.4. The molecule has 0 saturated heterocycles. The number of benzene rings is 1. The van der Waals surface area contributed by atoms with E-state index in [2.05, 4.69) is 12.2 Å². The predicted molar refractivity (Wildman–Crippen MR) is 77.5 cm³/mol. The van der Waals surface area contributed by atoms with E-state index in [9.17, 15) is 9.59 Å². The topological polar surface area (TPSA) is 66.4 Å². The zero-order valence-corrected chi connectivity index (χ0v) is 11.8. The Kier molecular flexibility index (Phi) is 3.93. The summed E-state index contributed by atoms with van der Waals surface area (Å²) in [6.07, 6.45) is 4.91. The molecule has 0 unspecified atom stereocenters. The molecule has 0 heterocycles. The monoisotopic (exact) mass is 273 g/mol. The summed E-state index contributed by atoms with van der Waals surface area (Å²) in [5, 5.41) is 11.6. The van der Waals surface area contributed by atoms with E-state index in [1.807, 2.05) is 13.0 Å². The lowest BCUT2D eigenvalue weighted by atomic mass is 10.0. The van der Waals surface area contributed by atoms with E-state index in [4.69, 9.17) is 5.11 Å². The first-order chi connectivity index (χ1) is 9.39.